The number of aromatic hydroxyl groups is 1. The predicted octanol–water partition coefficient (Wildman–Crippen LogP) is 1.41. The summed E-state index contributed by atoms with van der Waals surface area (Å²) in [7, 11) is 3.03. The smallest absolute Gasteiger partial charge is 0.273 e. The molecule has 0 fully saturated rings. The molecule has 0 saturated carbocycles. The average molecular weight is 330 g/mol. The van der Waals surface area contributed by atoms with Crippen LogP contribution in [0.3, 0.4) is 0 Å². The van der Waals surface area contributed by atoms with E-state index in [-0.39, 0.29) is 17.7 Å². The Labute approximate surface area is 139 Å². The summed E-state index contributed by atoms with van der Waals surface area (Å²) in [4.78, 5) is 23.8. The number of amides is 2. The third-order valence-electron chi connectivity index (χ3n) is 3.28. The van der Waals surface area contributed by atoms with Crippen molar-refractivity contribution < 1.29 is 24.2 Å². The average Bonchev–Trinajstić information content (AvgIpc) is 2.60. The van der Waals surface area contributed by atoms with Crippen LogP contribution in [0.5, 0.6) is 17.2 Å². The molecule has 0 aliphatic rings. The van der Waals surface area contributed by atoms with Crippen LogP contribution in [-0.2, 0) is 11.2 Å². The number of hydrazine groups is 1. The van der Waals surface area contributed by atoms with E-state index < -0.39 is 11.8 Å². The van der Waals surface area contributed by atoms with E-state index >= 15 is 0 Å². The van der Waals surface area contributed by atoms with Crippen molar-refractivity contribution in [1.29, 1.82) is 0 Å². The van der Waals surface area contributed by atoms with Crippen LogP contribution in [0.1, 0.15) is 15.9 Å². The van der Waals surface area contributed by atoms with Crippen LogP contribution in [0.15, 0.2) is 42.5 Å². The van der Waals surface area contributed by atoms with Gasteiger partial charge in [-0.25, -0.2) is 0 Å². The number of carbonyl (C=O) groups excluding carboxylic acids is 2. The van der Waals surface area contributed by atoms with Gasteiger partial charge < -0.3 is 14.6 Å². The number of ether oxygens (including phenoxy) is 2. The zero-order chi connectivity index (χ0) is 17.5. The summed E-state index contributed by atoms with van der Waals surface area (Å²) in [5, 5.41) is 9.59. The Hall–Kier alpha value is -3.22. The Morgan fingerprint density at radius 3 is 2.38 bits per heavy atom. The van der Waals surface area contributed by atoms with Crippen LogP contribution in [0.25, 0.3) is 0 Å². The Morgan fingerprint density at radius 2 is 1.71 bits per heavy atom. The van der Waals surface area contributed by atoms with E-state index in [4.69, 9.17) is 9.47 Å². The van der Waals surface area contributed by atoms with Crippen LogP contribution < -0.4 is 20.3 Å². The molecular weight excluding hydrogens is 312 g/mol. The lowest BCUT2D eigenvalue weighted by Crippen LogP contribution is -2.42. The van der Waals surface area contributed by atoms with Gasteiger partial charge in [-0.15, -0.1) is 0 Å². The van der Waals surface area contributed by atoms with E-state index in [2.05, 4.69) is 10.9 Å². The second-order valence-electron chi connectivity index (χ2n) is 4.89. The maximum Gasteiger partial charge on any atom is 0.273 e. The Bertz CT molecular complexity index is 746. The second-order valence-corrected chi connectivity index (χ2v) is 4.89. The molecule has 0 spiro atoms. The number of carbonyl (C=O) groups is 2. The highest BCUT2D eigenvalue weighted by atomic mass is 16.5. The number of nitrogens with one attached hydrogen (secondary N) is 2. The van der Waals surface area contributed by atoms with E-state index in [0.717, 1.165) is 0 Å². The highest BCUT2D eigenvalue weighted by Crippen LogP contribution is 2.27. The van der Waals surface area contributed by atoms with Gasteiger partial charge in [0.25, 0.3) is 5.91 Å². The van der Waals surface area contributed by atoms with E-state index in [1.165, 1.54) is 26.4 Å². The Balaban J connectivity index is 1.94. The second kappa shape index (κ2) is 7.87. The number of methoxy groups -OCH3 is 2. The molecule has 2 aromatic rings. The summed E-state index contributed by atoms with van der Waals surface area (Å²) >= 11 is 0. The summed E-state index contributed by atoms with van der Waals surface area (Å²) in [5.41, 5.74) is 5.33. The largest absolute Gasteiger partial charge is 0.507 e. The van der Waals surface area contributed by atoms with Crippen molar-refractivity contribution in [2.75, 3.05) is 14.2 Å². The molecule has 0 bridgehead atoms. The normalized spacial score (nSPS) is 9.92. The fourth-order valence-electron chi connectivity index (χ4n) is 2.08. The third-order valence-corrected chi connectivity index (χ3v) is 3.28. The SMILES string of the molecule is COc1ccc(CC(=O)NNC(=O)c2ccccc2O)cc1OC. The summed E-state index contributed by atoms with van der Waals surface area (Å²) in [6.45, 7) is 0. The molecule has 0 radical (unpaired) electrons. The zero-order valence-electron chi connectivity index (χ0n) is 13.3. The molecule has 7 heteroatoms. The van der Waals surface area contributed by atoms with Crippen molar-refractivity contribution in [3.05, 3.63) is 53.6 Å². The lowest BCUT2D eigenvalue weighted by atomic mass is 10.1. The molecule has 2 rings (SSSR count). The molecule has 126 valence electrons. The molecule has 0 aliphatic carbocycles. The highest BCUT2D eigenvalue weighted by molar-refractivity contribution is 5.97. The highest BCUT2D eigenvalue weighted by Gasteiger charge is 2.12. The number of hydrogen-bond acceptors (Lipinski definition) is 5. The van der Waals surface area contributed by atoms with Crippen molar-refractivity contribution in [2.24, 2.45) is 0 Å². The monoisotopic (exact) mass is 330 g/mol. The van der Waals surface area contributed by atoms with Gasteiger partial charge in [-0.05, 0) is 29.8 Å². The number of para-hydroxylation sites is 1. The lowest BCUT2D eigenvalue weighted by molar-refractivity contribution is -0.121. The van der Waals surface area contributed by atoms with E-state index in [1.807, 2.05) is 0 Å². The van der Waals surface area contributed by atoms with Gasteiger partial charge >= 0.3 is 0 Å². The van der Waals surface area contributed by atoms with Gasteiger partial charge in [-0.2, -0.15) is 0 Å². The van der Waals surface area contributed by atoms with Crippen LogP contribution in [0.4, 0.5) is 0 Å². The fraction of sp³-hybridized carbons (Fsp3) is 0.176. The van der Waals surface area contributed by atoms with Gasteiger partial charge in [-0.3, -0.25) is 20.4 Å². The molecule has 3 N–H and O–H groups in total. The van der Waals surface area contributed by atoms with Crippen LogP contribution in [-0.4, -0.2) is 31.1 Å². The zero-order valence-corrected chi connectivity index (χ0v) is 13.3. The first-order chi connectivity index (χ1) is 11.5. The summed E-state index contributed by atoms with van der Waals surface area (Å²) in [5.74, 6) is -0.0977. The van der Waals surface area contributed by atoms with Gasteiger partial charge in [0.1, 0.15) is 5.75 Å². The minimum absolute atomic E-state index is 0.0431. The third kappa shape index (κ3) is 4.16. The van der Waals surface area contributed by atoms with Crippen LogP contribution in [0.2, 0.25) is 0 Å². The summed E-state index contributed by atoms with van der Waals surface area (Å²) in [6.07, 6.45) is 0.0431. The number of benzene rings is 2. The number of hydrogen-bond donors (Lipinski definition) is 3. The first kappa shape index (κ1) is 17.1. The standard InChI is InChI=1S/C17H18N2O5/c1-23-14-8-7-11(9-15(14)24-2)10-16(21)18-19-17(22)12-5-3-4-6-13(12)20/h3-9,20H,10H2,1-2H3,(H,18,21)(H,19,22). The number of phenolic OH excluding ortho intramolecular Hbond substituents is 1. The quantitative estimate of drug-likeness (QED) is 0.720. The van der Waals surface area contributed by atoms with E-state index in [1.54, 1.807) is 30.3 Å². The maximum absolute atomic E-state index is 11.9. The topological polar surface area (TPSA) is 96.9 Å². The molecule has 7 nitrogen and oxygen atoms in total. The van der Waals surface area contributed by atoms with Crippen molar-refractivity contribution >= 4 is 11.8 Å². The Morgan fingerprint density at radius 1 is 1.00 bits per heavy atom. The number of rotatable bonds is 5. The summed E-state index contributed by atoms with van der Waals surface area (Å²) in [6, 6.07) is 11.2. The van der Waals surface area contributed by atoms with Crippen LogP contribution in [0, 0.1) is 0 Å². The molecule has 0 unspecified atom stereocenters. The summed E-state index contributed by atoms with van der Waals surface area (Å²) < 4.78 is 10.3. The molecule has 0 atom stereocenters. The molecular formula is C17H18N2O5. The molecule has 0 aromatic heterocycles. The minimum Gasteiger partial charge on any atom is -0.507 e. The van der Waals surface area contributed by atoms with E-state index in [9.17, 15) is 14.7 Å². The van der Waals surface area contributed by atoms with Crippen molar-refractivity contribution in [2.45, 2.75) is 6.42 Å². The van der Waals surface area contributed by atoms with Crippen molar-refractivity contribution in [1.82, 2.24) is 10.9 Å². The molecule has 0 heterocycles. The molecule has 0 saturated heterocycles. The van der Waals surface area contributed by atoms with E-state index in [0.29, 0.717) is 17.1 Å². The van der Waals surface area contributed by atoms with Gasteiger partial charge in [0, 0.05) is 0 Å². The Kier molecular flexibility index (Phi) is 5.62. The fourth-order valence-corrected chi connectivity index (χ4v) is 2.08. The van der Waals surface area contributed by atoms with Gasteiger partial charge in [0.2, 0.25) is 5.91 Å². The van der Waals surface area contributed by atoms with Crippen molar-refractivity contribution in [3.8, 4) is 17.2 Å². The molecule has 2 amide bonds. The number of phenols is 1. The maximum atomic E-state index is 11.9. The molecule has 2 aromatic carbocycles. The first-order valence-corrected chi connectivity index (χ1v) is 7.13. The minimum atomic E-state index is -0.603. The predicted molar refractivity (Wildman–Crippen MR) is 87.0 cm³/mol. The van der Waals surface area contributed by atoms with Crippen molar-refractivity contribution in [3.63, 3.8) is 0 Å². The molecule has 0 aliphatic heterocycles. The van der Waals surface area contributed by atoms with Gasteiger partial charge in [0.05, 0.1) is 26.2 Å². The molecule has 24 heavy (non-hydrogen) atoms. The van der Waals surface area contributed by atoms with Gasteiger partial charge in [-0.1, -0.05) is 18.2 Å². The lowest BCUT2D eigenvalue weighted by Gasteiger charge is -2.11. The van der Waals surface area contributed by atoms with Crippen LogP contribution >= 0.6 is 0 Å². The van der Waals surface area contributed by atoms with Gasteiger partial charge in [0.15, 0.2) is 11.5 Å². The first-order valence-electron chi connectivity index (χ1n) is 7.13.